The molecule has 0 aliphatic heterocycles. The summed E-state index contributed by atoms with van der Waals surface area (Å²) in [5.41, 5.74) is -0.463. The minimum absolute atomic E-state index is 0.321. The largest absolute Gasteiger partial charge is 0.392 e. The zero-order chi connectivity index (χ0) is 8.32. The Kier molecular flexibility index (Phi) is 2.87. The van der Waals surface area contributed by atoms with Crippen molar-refractivity contribution < 1.29 is 10.2 Å². The van der Waals surface area contributed by atoms with Gasteiger partial charge in [-0.15, -0.1) is 0 Å². The molecule has 0 bridgehead atoms. The van der Waals surface area contributed by atoms with Crippen LogP contribution in [0.1, 0.15) is 26.2 Å². The third-order valence-electron chi connectivity index (χ3n) is 2.18. The molecule has 0 spiro atoms. The van der Waals surface area contributed by atoms with E-state index in [-0.39, 0.29) is 6.10 Å². The molecule has 3 heteroatoms. The van der Waals surface area contributed by atoms with Gasteiger partial charge in [0.1, 0.15) is 0 Å². The van der Waals surface area contributed by atoms with Crippen LogP contribution in [0.3, 0.4) is 0 Å². The molecule has 1 aliphatic carbocycles. The molecule has 1 saturated carbocycles. The Morgan fingerprint density at radius 1 is 1.55 bits per heavy atom. The van der Waals surface area contributed by atoms with Crippen molar-refractivity contribution in [3.63, 3.8) is 0 Å². The van der Waals surface area contributed by atoms with E-state index in [4.69, 9.17) is 5.11 Å². The zero-order valence-electron chi connectivity index (χ0n) is 7.01. The zero-order valence-corrected chi connectivity index (χ0v) is 7.01. The second kappa shape index (κ2) is 3.52. The van der Waals surface area contributed by atoms with Crippen LogP contribution >= 0.6 is 0 Å². The minimum atomic E-state index is -0.463. The van der Waals surface area contributed by atoms with E-state index >= 15 is 0 Å². The molecule has 0 aromatic carbocycles. The molecule has 3 N–H and O–H groups in total. The van der Waals surface area contributed by atoms with Crippen LogP contribution in [0.15, 0.2) is 0 Å². The standard InChI is InChI=1S/C8H17NO2/c1-7(10)5-9-6-8(11)3-2-4-8/h7,9-11H,2-6H2,1H3. The van der Waals surface area contributed by atoms with E-state index < -0.39 is 5.60 Å². The van der Waals surface area contributed by atoms with Gasteiger partial charge < -0.3 is 15.5 Å². The van der Waals surface area contributed by atoms with E-state index in [9.17, 15) is 5.11 Å². The maximum atomic E-state index is 9.58. The number of aliphatic hydroxyl groups is 2. The predicted molar refractivity (Wildman–Crippen MR) is 43.4 cm³/mol. The summed E-state index contributed by atoms with van der Waals surface area (Å²) in [5, 5.41) is 21.5. The fraction of sp³-hybridized carbons (Fsp3) is 1.00. The summed E-state index contributed by atoms with van der Waals surface area (Å²) in [6.07, 6.45) is 2.62. The third kappa shape index (κ3) is 2.77. The van der Waals surface area contributed by atoms with E-state index in [1.165, 1.54) is 0 Å². The molecule has 1 unspecified atom stereocenters. The van der Waals surface area contributed by atoms with E-state index in [1.54, 1.807) is 6.92 Å². The highest BCUT2D eigenvalue weighted by atomic mass is 16.3. The number of aliphatic hydroxyl groups excluding tert-OH is 1. The van der Waals surface area contributed by atoms with Crippen molar-refractivity contribution in [3.05, 3.63) is 0 Å². The van der Waals surface area contributed by atoms with Gasteiger partial charge in [-0.2, -0.15) is 0 Å². The van der Waals surface area contributed by atoms with Crippen molar-refractivity contribution in [2.75, 3.05) is 13.1 Å². The van der Waals surface area contributed by atoms with Crippen LogP contribution in [0.5, 0.6) is 0 Å². The Hall–Kier alpha value is -0.120. The number of hydrogen-bond donors (Lipinski definition) is 3. The molecule has 1 rings (SSSR count). The quantitative estimate of drug-likeness (QED) is 0.535. The molecular weight excluding hydrogens is 142 g/mol. The van der Waals surface area contributed by atoms with Crippen molar-refractivity contribution in [1.82, 2.24) is 5.32 Å². The first-order valence-corrected chi connectivity index (χ1v) is 4.24. The Labute approximate surface area is 67.4 Å². The van der Waals surface area contributed by atoms with Gasteiger partial charge in [0.05, 0.1) is 11.7 Å². The molecule has 11 heavy (non-hydrogen) atoms. The Bertz CT molecular complexity index is 121. The summed E-state index contributed by atoms with van der Waals surface area (Å²) in [4.78, 5) is 0. The van der Waals surface area contributed by atoms with Crippen LogP contribution in [0.4, 0.5) is 0 Å². The van der Waals surface area contributed by atoms with Gasteiger partial charge in [0.15, 0.2) is 0 Å². The van der Waals surface area contributed by atoms with Crippen LogP contribution in [0, 0.1) is 0 Å². The lowest BCUT2D eigenvalue weighted by atomic mass is 9.80. The molecular formula is C8H17NO2. The molecule has 0 aromatic heterocycles. The van der Waals surface area contributed by atoms with E-state index in [0.717, 1.165) is 19.3 Å². The van der Waals surface area contributed by atoms with Gasteiger partial charge in [0.25, 0.3) is 0 Å². The van der Waals surface area contributed by atoms with Crippen molar-refractivity contribution in [2.24, 2.45) is 0 Å². The SMILES string of the molecule is CC(O)CNCC1(O)CCC1. The maximum Gasteiger partial charge on any atom is 0.0771 e. The van der Waals surface area contributed by atoms with E-state index in [1.807, 2.05) is 0 Å². The van der Waals surface area contributed by atoms with Gasteiger partial charge in [0.2, 0.25) is 0 Å². The average Bonchev–Trinajstić information content (AvgIpc) is 1.83. The summed E-state index contributed by atoms with van der Waals surface area (Å²) < 4.78 is 0. The lowest BCUT2D eigenvalue weighted by molar-refractivity contribution is -0.0325. The summed E-state index contributed by atoms with van der Waals surface area (Å²) in [7, 11) is 0. The Morgan fingerprint density at radius 2 is 2.18 bits per heavy atom. The summed E-state index contributed by atoms with van der Waals surface area (Å²) in [6.45, 7) is 2.93. The molecule has 1 atom stereocenters. The lowest BCUT2D eigenvalue weighted by Gasteiger charge is -2.36. The summed E-state index contributed by atoms with van der Waals surface area (Å²) in [6, 6.07) is 0. The first kappa shape index (κ1) is 8.97. The molecule has 0 radical (unpaired) electrons. The lowest BCUT2D eigenvalue weighted by Crippen LogP contribution is -2.47. The summed E-state index contributed by atoms with van der Waals surface area (Å²) in [5.74, 6) is 0. The highest BCUT2D eigenvalue weighted by molar-refractivity contribution is 4.89. The second-order valence-electron chi connectivity index (χ2n) is 3.56. The van der Waals surface area contributed by atoms with Crippen LogP contribution < -0.4 is 5.32 Å². The number of rotatable bonds is 4. The molecule has 0 amide bonds. The fourth-order valence-corrected chi connectivity index (χ4v) is 1.28. The van der Waals surface area contributed by atoms with Crippen LogP contribution in [-0.2, 0) is 0 Å². The smallest absolute Gasteiger partial charge is 0.0771 e. The van der Waals surface area contributed by atoms with E-state index in [2.05, 4.69) is 5.32 Å². The van der Waals surface area contributed by atoms with Gasteiger partial charge >= 0.3 is 0 Å². The normalized spacial score (nSPS) is 24.3. The molecule has 66 valence electrons. The average molecular weight is 159 g/mol. The predicted octanol–water partition coefficient (Wildman–Crippen LogP) is -0.128. The molecule has 0 heterocycles. The van der Waals surface area contributed by atoms with Gasteiger partial charge in [0, 0.05) is 13.1 Å². The highest BCUT2D eigenvalue weighted by Crippen LogP contribution is 2.30. The van der Waals surface area contributed by atoms with Gasteiger partial charge in [-0.1, -0.05) is 0 Å². The topological polar surface area (TPSA) is 52.5 Å². The first-order valence-electron chi connectivity index (χ1n) is 4.24. The van der Waals surface area contributed by atoms with Crippen LogP contribution in [0.2, 0.25) is 0 Å². The first-order chi connectivity index (χ1) is 5.12. The highest BCUT2D eigenvalue weighted by Gasteiger charge is 2.33. The van der Waals surface area contributed by atoms with Crippen molar-refractivity contribution in [1.29, 1.82) is 0 Å². The van der Waals surface area contributed by atoms with Crippen LogP contribution in [-0.4, -0.2) is 35.0 Å². The third-order valence-corrected chi connectivity index (χ3v) is 2.18. The van der Waals surface area contributed by atoms with Gasteiger partial charge in [-0.25, -0.2) is 0 Å². The minimum Gasteiger partial charge on any atom is -0.392 e. The fourth-order valence-electron chi connectivity index (χ4n) is 1.28. The molecule has 0 saturated heterocycles. The van der Waals surface area contributed by atoms with Crippen molar-refractivity contribution in [2.45, 2.75) is 37.9 Å². The molecule has 3 nitrogen and oxygen atoms in total. The van der Waals surface area contributed by atoms with Gasteiger partial charge in [-0.3, -0.25) is 0 Å². The molecule has 0 aromatic rings. The monoisotopic (exact) mass is 159 g/mol. The van der Waals surface area contributed by atoms with Crippen molar-refractivity contribution >= 4 is 0 Å². The number of hydrogen-bond acceptors (Lipinski definition) is 3. The second-order valence-corrected chi connectivity index (χ2v) is 3.56. The summed E-state index contributed by atoms with van der Waals surface area (Å²) >= 11 is 0. The molecule has 1 aliphatic rings. The maximum absolute atomic E-state index is 9.58. The number of nitrogens with one attached hydrogen (secondary N) is 1. The Balaban J connectivity index is 2.02. The van der Waals surface area contributed by atoms with Crippen molar-refractivity contribution in [3.8, 4) is 0 Å². The Morgan fingerprint density at radius 3 is 2.55 bits per heavy atom. The van der Waals surface area contributed by atoms with E-state index in [0.29, 0.717) is 13.1 Å². The molecule has 1 fully saturated rings. The van der Waals surface area contributed by atoms with Crippen LogP contribution in [0.25, 0.3) is 0 Å². The van der Waals surface area contributed by atoms with Gasteiger partial charge in [-0.05, 0) is 26.2 Å².